The van der Waals surface area contributed by atoms with Gasteiger partial charge in [0.15, 0.2) is 0 Å². The molecular formula is C16H28N2O2. The van der Waals surface area contributed by atoms with Crippen molar-refractivity contribution in [1.29, 1.82) is 0 Å². The molecule has 2 fully saturated rings. The molecule has 0 unspecified atom stereocenters. The summed E-state index contributed by atoms with van der Waals surface area (Å²) in [5.41, 5.74) is 0.344. The lowest BCUT2D eigenvalue weighted by Gasteiger charge is -2.58. The molecule has 1 N–H and O–H groups in total. The number of hydrogen-bond donors (Lipinski definition) is 1. The van der Waals surface area contributed by atoms with Crippen molar-refractivity contribution in [3.63, 3.8) is 0 Å². The summed E-state index contributed by atoms with van der Waals surface area (Å²) in [5, 5.41) is 3.02. The second-order valence-corrected chi connectivity index (χ2v) is 7.51. The molecule has 0 atom stereocenters. The van der Waals surface area contributed by atoms with E-state index in [1.165, 1.54) is 0 Å². The van der Waals surface area contributed by atoms with Crippen molar-refractivity contribution >= 4 is 11.7 Å². The maximum absolute atomic E-state index is 11.9. The fourth-order valence-corrected chi connectivity index (χ4v) is 3.30. The minimum atomic E-state index is 0.127. The summed E-state index contributed by atoms with van der Waals surface area (Å²) in [4.78, 5) is 25.8. The molecule has 1 saturated heterocycles. The topological polar surface area (TPSA) is 49.4 Å². The number of rotatable bonds is 6. The summed E-state index contributed by atoms with van der Waals surface area (Å²) in [6, 6.07) is 0. The number of Topliss-reactive ketones (excluding diaryl/α,β-unsaturated/α-hetero) is 1. The first-order chi connectivity index (χ1) is 9.31. The number of amides is 1. The minimum absolute atomic E-state index is 0.127. The summed E-state index contributed by atoms with van der Waals surface area (Å²) in [7, 11) is 0. The van der Waals surface area contributed by atoms with Crippen LogP contribution < -0.4 is 5.32 Å². The van der Waals surface area contributed by atoms with Crippen molar-refractivity contribution in [3.8, 4) is 0 Å². The molecule has 4 nitrogen and oxygen atoms in total. The predicted molar refractivity (Wildman–Crippen MR) is 79.3 cm³/mol. The van der Waals surface area contributed by atoms with E-state index >= 15 is 0 Å². The van der Waals surface area contributed by atoms with Crippen molar-refractivity contribution in [2.75, 3.05) is 26.2 Å². The molecule has 1 spiro atoms. The highest BCUT2D eigenvalue weighted by atomic mass is 16.2. The average Bonchev–Trinajstić information content (AvgIpc) is 2.26. The molecule has 0 radical (unpaired) electrons. The molecule has 2 aliphatic rings. The number of nitrogens with one attached hydrogen (secondary N) is 1. The first-order valence-corrected chi connectivity index (χ1v) is 7.84. The van der Waals surface area contributed by atoms with E-state index in [1.54, 1.807) is 0 Å². The second kappa shape index (κ2) is 5.84. The summed E-state index contributed by atoms with van der Waals surface area (Å²) in [6.07, 6.45) is 2.01. The van der Waals surface area contributed by atoms with Crippen molar-refractivity contribution < 1.29 is 9.59 Å². The fourth-order valence-electron chi connectivity index (χ4n) is 3.30. The Labute approximate surface area is 122 Å². The van der Waals surface area contributed by atoms with Gasteiger partial charge in [0.2, 0.25) is 5.91 Å². The number of ketones is 1. The van der Waals surface area contributed by atoms with Gasteiger partial charge in [-0.05, 0) is 24.2 Å². The lowest BCUT2D eigenvalue weighted by Crippen LogP contribution is -2.64. The molecule has 1 saturated carbocycles. The predicted octanol–water partition coefficient (Wildman–Crippen LogP) is 1.70. The smallest absolute Gasteiger partial charge is 0.223 e. The summed E-state index contributed by atoms with van der Waals surface area (Å²) < 4.78 is 0. The van der Waals surface area contributed by atoms with E-state index in [0.29, 0.717) is 23.7 Å². The highest BCUT2D eigenvalue weighted by molar-refractivity contribution is 5.82. The summed E-state index contributed by atoms with van der Waals surface area (Å²) in [6.45, 7) is 11.5. The van der Waals surface area contributed by atoms with Gasteiger partial charge in [-0.1, -0.05) is 27.7 Å². The molecule has 20 heavy (non-hydrogen) atoms. The molecule has 0 bridgehead atoms. The van der Waals surface area contributed by atoms with Crippen LogP contribution in [0.3, 0.4) is 0 Å². The maximum atomic E-state index is 11.9. The average molecular weight is 280 g/mol. The molecule has 1 aliphatic heterocycles. The van der Waals surface area contributed by atoms with Crippen LogP contribution in [0.15, 0.2) is 0 Å². The zero-order valence-corrected chi connectivity index (χ0v) is 13.2. The zero-order chi connectivity index (χ0) is 14.9. The van der Waals surface area contributed by atoms with E-state index in [9.17, 15) is 9.59 Å². The van der Waals surface area contributed by atoms with Gasteiger partial charge < -0.3 is 5.32 Å². The number of carbonyl (C=O) groups excluding carboxylic acids is 2. The lowest BCUT2D eigenvalue weighted by atomic mass is 9.57. The molecule has 114 valence electrons. The van der Waals surface area contributed by atoms with Crippen LogP contribution in [-0.4, -0.2) is 42.8 Å². The van der Waals surface area contributed by atoms with Gasteiger partial charge in [-0.2, -0.15) is 0 Å². The Morgan fingerprint density at radius 1 is 1.20 bits per heavy atom. The third kappa shape index (κ3) is 3.40. The third-order valence-electron chi connectivity index (χ3n) is 4.56. The summed E-state index contributed by atoms with van der Waals surface area (Å²) >= 11 is 0. The molecule has 0 aromatic rings. The molecule has 1 heterocycles. The van der Waals surface area contributed by atoms with Crippen LogP contribution in [0, 0.1) is 23.2 Å². The molecule has 1 aliphatic carbocycles. The third-order valence-corrected chi connectivity index (χ3v) is 4.56. The Morgan fingerprint density at radius 3 is 2.30 bits per heavy atom. The van der Waals surface area contributed by atoms with Gasteiger partial charge in [-0.3, -0.25) is 14.5 Å². The van der Waals surface area contributed by atoms with Crippen LogP contribution in [-0.2, 0) is 9.59 Å². The van der Waals surface area contributed by atoms with Crippen molar-refractivity contribution in [2.45, 2.75) is 40.5 Å². The SMILES string of the molecule is CC(C)CNC(=O)C1CC2(C1)CN(CC(=O)C(C)C)C2. The van der Waals surface area contributed by atoms with Crippen LogP contribution in [0.2, 0.25) is 0 Å². The Kier molecular flexibility index (Phi) is 4.52. The molecule has 0 aromatic carbocycles. The maximum Gasteiger partial charge on any atom is 0.223 e. The van der Waals surface area contributed by atoms with Crippen molar-refractivity contribution in [1.82, 2.24) is 10.2 Å². The van der Waals surface area contributed by atoms with E-state index in [0.717, 1.165) is 32.5 Å². The Morgan fingerprint density at radius 2 is 1.80 bits per heavy atom. The number of carbonyl (C=O) groups is 2. The van der Waals surface area contributed by atoms with E-state index in [4.69, 9.17) is 0 Å². The lowest BCUT2D eigenvalue weighted by molar-refractivity contribution is -0.148. The number of nitrogens with zero attached hydrogens (tertiary/aromatic N) is 1. The standard InChI is InChI=1S/C16H28N2O2/c1-11(2)7-17-15(20)13-5-16(6-13)9-18(10-16)8-14(19)12(3)4/h11-13H,5-10H2,1-4H3,(H,17,20). The molecular weight excluding hydrogens is 252 g/mol. The van der Waals surface area contributed by atoms with Gasteiger partial charge >= 0.3 is 0 Å². The second-order valence-electron chi connectivity index (χ2n) is 7.51. The Hall–Kier alpha value is -0.900. The number of hydrogen-bond acceptors (Lipinski definition) is 3. The van der Waals surface area contributed by atoms with Gasteiger partial charge in [0.05, 0.1) is 6.54 Å². The zero-order valence-electron chi connectivity index (χ0n) is 13.2. The fraction of sp³-hybridized carbons (Fsp3) is 0.875. The minimum Gasteiger partial charge on any atom is -0.356 e. The molecule has 0 aromatic heterocycles. The van der Waals surface area contributed by atoms with Gasteiger partial charge in [0.1, 0.15) is 5.78 Å². The quantitative estimate of drug-likeness (QED) is 0.805. The van der Waals surface area contributed by atoms with Crippen molar-refractivity contribution in [3.05, 3.63) is 0 Å². The van der Waals surface area contributed by atoms with Crippen LogP contribution in [0.25, 0.3) is 0 Å². The summed E-state index contributed by atoms with van der Waals surface area (Å²) in [5.74, 6) is 1.39. The largest absolute Gasteiger partial charge is 0.356 e. The van der Waals surface area contributed by atoms with E-state index < -0.39 is 0 Å². The monoisotopic (exact) mass is 280 g/mol. The first kappa shape index (κ1) is 15.5. The van der Waals surface area contributed by atoms with Crippen LogP contribution in [0.1, 0.15) is 40.5 Å². The van der Waals surface area contributed by atoms with E-state index in [1.807, 2.05) is 13.8 Å². The number of likely N-dealkylation sites (tertiary alicyclic amines) is 1. The highest BCUT2D eigenvalue weighted by Gasteiger charge is 2.54. The van der Waals surface area contributed by atoms with Gasteiger partial charge in [0.25, 0.3) is 0 Å². The molecule has 4 heteroatoms. The van der Waals surface area contributed by atoms with Crippen LogP contribution in [0.5, 0.6) is 0 Å². The molecule has 1 amide bonds. The van der Waals surface area contributed by atoms with Gasteiger partial charge in [-0.25, -0.2) is 0 Å². The van der Waals surface area contributed by atoms with Crippen LogP contribution >= 0.6 is 0 Å². The van der Waals surface area contributed by atoms with Gasteiger partial charge in [-0.15, -0.1) is 0 Å². The Balaban J connectivity index is 1.65. The van der Waals surface area contributed by atoms with Crippen molar-refractivity contribution in [2.24, 2.45) is 23.2 Å². The van der Waals surface area contributed by atoms with Crippen LogP contribution in [0.4, 0.5) is 0 Å². The normalized spacial score (nSPS) is 21.9. The van der Waals surface area contributed by atoms with E-state index in [-0.39, 0.29) is 17.7 Å². The first-order valence-electron chi connectivity index (χ1n) is 7.84. The highest BCUT2D eigenvalue weighted by Crippen LogP contribution is 2.51. The van der Waals surface area contributed by atoms with E-state index in [2.05, 4.69) is 24.1 Å². The van der Waals surface area contributed by atoms with Gasteiger partial charge in [0, 0.05) is 31.5 Å². The molecule has 2 rings (SSSR count). The Bertz CT molecular complexity index is 376.